The minimum absolute atomic E-state index is 0. The Kier molecular flexibility index (Phi) is 12.3. The minimum Gasteiger partial charge on any atom is -0.726 e. The van der Waals surface area contributed by atoms with Crippen LogP contribution in [0.15, 0.2) is 12.7 Å². The fourth-order valence-electron chi connectivity index (χ4n) is 3.43. The molecule has 14 nitrogen and oxygen atoms in total. The Labute approximate surface area is 213 Å². The number of carbonyl (C=O) groups is 1. The van der Waals surface area contributed by atoms with Crippen molar-refractivity contribution in [1.29, 1.82) is 0 Å². The van der Waals surface area contributed by atoms with Crippen LogP contribution >= 0.6 is 0 Å². The summed E-state index contributed by atoms with van der Waals surface area (Å²) in [5.41, 5.74) is 0. The number of hydrogen-bond donors (Lipinski definition) is 5. The summed E-state index contributed by atoms with van der Waals surface area (Å²) in [5.74, 6) is -0.729. The summed E-state index contributed by atoms with van der Waals surface area (Å²) in [6.07, 6.45) is -12.1. The number of rotatable bonds is 9. The van der Waals surface area contributed by atoms with E-state index >= 15 is 0 Å². The Bertz CT molecular complexity index is 755. The van der Waals surface area contributed by atoms with Crippen molar-refractivity contribution in [3.63, 3.8) is 0 Å². The van der Waals surface area contributed by atoms with Gasteiger partial charge in [-0.25, -0.2) is 8.42 Å². The topological polar surface area (TPSA) is 213 Å². The molecule has 0 aromatic rings. The van der Waals surface area contributed by atoms with Crippen LogP contribution in [-0.4, -0.2) is 114 Å². The zero-order chi connectivity index (χ0) is 24.2. The van der Waals surface area contributed by atoms with E-state index in [1.54, 1.807) is 0 Å². The van der Waals surface area contributed by atoms with Crippen LogP contribution in [0.5, 0.6) is 0 Å². The average molecular weight is 509 g/mol. The first-order chi connectivity index (χ1) is 14.9. The molecule has 0 saturated carbocycles. The van der Waals surface area contributed by atoms with Gasteiger partial charge in [0.1, 0.15) is 42.7 Å². The maximum absolute atomic E-state index is 11.7. The van der Waals surface area contributed by atoms with Crippen LogP contribution in [0.4, 0.5) is 0 Å². The van der Waals surface area contributed by atoms with Gasteiger partial charge in [-0.2, -0.15) is 0 Å². The van der Waals surface area contributed by atoms with Gasteiger partial charge >= 0.3 is 29.6 Å². The Morgan fingerprint density at radius 1 is 1.15 bits per heavy atom. The van der Waals surface area contributed by atoms with Crippen LogP contribution in [0.2, 0.25) is 0 Å². The van der Waals surface area contributed by atoms with Gasteiger partial charge in [0.25, 0.3) is 0 Å². The molecule has 5 N–H and O–H groups in total. The Morgan fingerprint density at radius 2 is 1.79 bits per heavy atom. The molecule has 2 aliphatic heterocycles. The second kappa shape index (κ2) is 13.2. The van der Waals surface area contributed by atoms with E-state index < -0.39 is 84.3 Å². The van der Waals surface area contributed by atoms with Gasteiger partial charge in [-0.15, -0.1) is 6.58 Å². The molecule has 2 rings (SSSR count). The first kappa shape index (κ1) is 30.8. The van der Waals surface area contributed by atoms with Gasteiger partial charge in [0.15, 0.2) is 12.6 Å². The summed E-state index contributed by atoms with van der Waals surface area (Å²) < 4.78 is 59.7. The summed E-state index contributed by atoms with van der Waals surface area (Å²) in [6, 6.07) is -1.58. The fraction of sp³-hybridized carbons (Fsp3) is 0.824. The molecule has 2 saturated heterocycles. The molecule has 2 fully saturated rings. The molecule has 0 radical (unpaired) electrons. The smallest absolute Gasteiger partial charge is 0.726 e. The third-order valence-electron chi connectivity index (χ3n) is 4.90. The van der Waals surface area contributed by atoms with E-state index in [-0.39, 0.29) is 36.2 Å². The average Bonchev–Trinajstić information content (AvgIpc) is 2.70. The van der Waals surface area contributed by atoms with Crippen LogP contribution in [0, 0.1) is 0 Å². The zero-order valence-corrected chi connectivity index (χ0v) is 21.2. The quantitative estimate of drug-likeness (QED) is 0.0847. The normalized spacial score (nSPS) is 39.4. The predicted octanol–water partition coefficient (Wildman–Crippen LogP) is -6.53. The van der Waals surface area contributed by atoms with E-state index in [1.165, 1.54) is 13.0 Å². The molecule has 0 bridgehead atoms. The van der Waals surface area contributed by atoms with Crippen molar-refractivity contribution in [2.45, 2.75) is 75.2 Å². The van der Waals surface area contributed by atoms with Crippen LogP contribution in [0.3, 0.4) is 0 Å². The first-order valence-electron chi connectivity index (χ1n) is 9.64. The van der Waals surface area contributed by atoms with Crippen molar-refractivity contribution in [3.8, 4) is 0 Å². The van der Waals surface area contributed by atoms with Gasteiger partial charge in [0, 0.05) is 6.92 Å². The first-order valence-corrected chi connectivity index (χ1v) is 11.0. The molecular formula is C17H28NNaO13S. The number of hydrogen-bond acceptors (Lipinski definition) is 13. The zero-order valence-electron chi connectivity index (χ0n) is 18.3. The van der Waals surface area contributed by atoms with Crippen LogP contribution in [0.25, 0.3) is 0 Å². The molecule has 2 aliphatic rings. The second-order valence-corrected chi connectivity index (χ2v) is 8.33. The van der Waals surface area contributed by atoms with Crippen LogP contribution < -0.4 is 34.9 Å². The van der Waals surface area contributed by atoms with Crippen molar-refractivity contribution < 1.29 is 90.9 Å². The fourth-order valence-corrected chi connectivity index (χ4v) is 3.94. The molecule has 0 aliphatic carbocycles. The minimum atomic E-state index is -5.37. The monoisotopic (exact) mass is 509 g/mol. The number of aliphatic hydroxyl groups is 4. The van der Waals surface area contributed by atoms with Crippen molar-refractivity contribution in [3.05, 3.63) is 12.7 Å². The number of ether oxygens (including phenoxy) is 4. The Balaban J connectivity index is 0.00000544. The standard InChI is InChI=1S/C17H29NO13S.Na/c1-4-5-27-17-13(23)15(11(21)7(2)28-17)30-16-10(18-8(3)20)14(31-32(24,25)26)12(22)9(6-19)29-16;/h4,7,9-17,19,21-23H,1,5-6H2,2-3H3,(H,18,20)(H,24,25,26);/q;+1/p-1/t7-,9+,10+,11+,12+,13-,14+,15+,16-,17-;/m0./s1. The van der Waals surface area contributed by atoms with Crippen molar-refractivity contribution >= 4 is 16.3 Å². The third kappa shape index (κ3) is 8.15. The van der Waals surface area contributed by atoms with E-state index in [2.05, 4.69) is 16.1 Å². The SMILES string of the molecule is C=CCO[C@H]1O[C@@H](C)[C@@H](O)[C@@H](O[C@@H]2O[C@H](CO)[C@@H](O)[C@H](OS(=O)(=O)[O-])[C@H]2NC(C)=O)[C@@H]1O.[Na+]. The molecular weight excluding hydrogens is 481 g/mol. The third-order valence-corrected chi connectivity index (χ3v) is 5.36. The molecule has 0 aromatic heterocycles. The van der Waals surface area contributed by atoms with Gasteiger partial charge in [-0.1, -0.05) is 6.08 Å². The van der Waals surface area contributed by atoms with E-state index in [0.717, 1.165) is 6.92 Å². The number of aliphatic hydroxyl groups excluding tert-OH is 4. The second-order valence-electron chi connectivity index (χ2n) is 7.32. The van der Waals surface area contributed by atoms with Gasteiger partial charge in [0.2, 0.25) is 16.3 Å². The molecule has 0 unspecified atom stereocenters. The van der Waals surface area contributed by atoms with Crippen molar-refractivity contribution in [1.82, 2.24) is 5.32 Å². The molecule has 2 heterocycles. The largest absolute Gasteiger partial charge is 1.00 e. The van der Waals surface area contributed by atoms with E-state index in [1.807, 2.05) is 0 Å². The molecule has 33 heavy (non-hydrogen) atoms. The molecule has 16 heteroatoms. The predicted molar refractivity (Wildman–Crippen MR) is 101 cm³/mol. The summed E-state index contributed by atoms with van der Waals surface area (Å²) in [4.78, 5) is 11.7. The Hall–Kier alpha value is -0.240. The molecule has 186 valence electrons. The summed E-state index contributed by atoms with van der Waals surface area (Å²) in [5, 5.41) is 43.1. The van der Waals surface area contributed by atoms with E-state index in [9.17, 15) is 38.2 Å². The molecule has 0 spiro atoms. The van der Waals surface area contributed by atoms with Crippen LogP contribution in [0.1, 0.15) is 13.8 Å². The molecule has 1 amide bonds. The van der Waals surface area contributed by atoms with Gasteiger partial charge in [0.05, 0.1) is 19.3 Å². The molecule has 0 aromatic carbocycles. The van der Waals surface area contributed by atoms with Gasteiger partial charge in [-0.05, 0) is 6.92 Å². The maximum Gasteiger partial charge on any atom is 1.00 e. The van der Waals surface area contributed by atoms with Crippen molar-refractivity contribution in [2.75, 3.05) is 13.2 Å². The number of amides is 1. The van der Waals surface area contributed by atoms with Crippen molar-refractivity contribution in [2.24, 2.45) is 0 Å². The number of carbonyl (C=O) groups excluding carboxylic acids is 1. The van der Waals surface area contributed by atoms with E-state index in [0.29, 0.717) is 0 Å². The summed E-state index contributed by atoms with van der Waals surface area (Å²) in [6.45, 7) is 5.17. The van der Waals surface area contributed by atoms with E-state index in [4.69, 9.17) is 18.9 Å². The van der Waals surface area contributed by atoms with Gasteiger partial charge in [-0.3, -0.25) is 8.98 Å². The summed E-state index contributed by atoms with van der Waals surface area (Å²) >= 11 is 0. The number of nitrogens with one attached hydrogen (secondary N) is 1. The maximum atomic E-state index is 11.7. The molecule has 10 atom stereocenters. The van der Waals surface area contributed by atoms with Gasteiger partial charge < -0.3 is 49.2 Å². The summed E-state index contributed by atoms with van der Waals surface area (Å²) in [7, 11) is -5.37. The van der Waals surface area contributed by atoms with Crippen LogP contribution in [-0.2, 0) is 38.3 Å². The Morgan fingerprint density at radius 3 is 2.30 bits per heavy atom.